The third kappa shape index (κ3) is 2.70. The molecule has 0 aliphatic carbocycles. The smallest absolute Gasteiger partial charge is 0.250 e. The van der Waals surface area contributed by atoms with Gasteiger partial charge in [-0.3, -0.25) is 24.6 Å². The summed E-state index contributed by atoms with van der Waals surface area (Å²) in [6.45, 7) is 5.70. The van der Waals surface area contributed by atoms with Crippen molar-refractivity contribution in [1.29, 1.82) is 0 Å². The molecule has 1 aromatic carbocycles. The zero-order valence-electron chi connectivity index (χ0n) is 17.0. The first-order chi connectivity index (χ1) is 13.8. The number of imide groups is 1. The first kappa shape index (κ1) is 20.7. The van der Waals surface area contributed by atoms with Crippen molar-refractivity contribution >= 4 is 46.8 Å². The van der Waals surface area contributed by atoms with Crippen LogP contribution in [0.25, 0.3) is 0 Å². The van der Waals surface area contributed by atoms with Crippen LogP contribution in [-0.4, -0.2) is 46.7 Å². The molecule has 3 heterocycles. The lowest BCUT2D eigenvalue weighted by Gasteiger charge is -2.31. The summed E-state index contributed by atoms with van der Waals surface area (Å²) in [5, 5.41) is 6.97. The van der Waals surface area contributed by atoms with E-state index in [2.05, 4.69) is 10.6 Å². The summed E-state index contributed by atoms with van der Waals surface area (Å²) in [5.41, 5.74) is 0.920. The van der Waals surface area contributed by atoms with Gasteiger partial charge in [0.15, 0.2) is 0 Å². The number of hydrogen-bond donors (Lipinski definition) is 2. The van der Waals surface area contributed by atoms with E-state index in [1.54, 1.807) is 17.8 Å². The number of amides is 3. The van der Waals surface area contributed by atoms with E-state index in [4.69, 9.17) is 11.6 Å². The van der Waals surface area contributed by atoms with Gasteiger partial charge >= 0.3 is 0 Å². The van der Waals surface area contributed by atoms with Crippen LogP contribution in [0, 0.1) is 18.8 Å². The number of carbonyl (C=O) groups excluding carboxylic acids is 3. The number of nitrogens with zero attached hydrogens (tertiary/aromatic N) is 1. The van der Waals surface area contributed by atoms with Crippen LogP contribution in [0.1, 0.15) is 37.8 Å². The van der Waals surface area contributed by atoms with Crippen LogP contribution < -0.4 is 10.6 Å². The summed E-state index contributed by atoms with van der Waals surface area (Å²) in [6.07, 6.45) is 3.41. The standard InChI is InChI=1S/C21H26ClN3O3S/c1-5-10(2)25-18(26)15-14(8-9-29-4)24-21(16(15)19(25)27)12-6-7-13(22)11(3)17(12)23-20(21)28/h6-7,10,14-16,24H,5,8-9H2,1-4H3,(H,23,28). The molecular weight excluding hydrogens is 410 g/mol. The number of anilines is 1. The quantitative estimate of drug-likeness (QED) is 0.695. The largest absolute Gasteiger partial charge is 0.324 e. The number of halogens is 1. The Labute approximate surface area is 180 Å². The van der Waals surface area contributed by atoms with Gasteiger partial charge in [0.25, 0.3) is 0 Å². The van der Waals surface area contributed by atoms with E-state index in [0.29, 0.717) is 23.6 Å². The molecule has 0 aromatic heterocycles. The van der Waals surface area contributed by atoms with Crippen LogP contribution in [0.4, 0.5) is 5.69 Å². The number of thioether (sulfide) groups is 1. The highest BCUT2D eigenvalue weighted by atomic mass is 35.5. The van der Waals surface area contributed by atoms with E-state index in [-0.39, 0.29) is 29.8 Å². The predicted octanol–water partition coefficient (Wildman–Crippen LogP) is 2.92. The zero-order valence-corrected chi connectivity index (χ0v) is 18.6. The number of fused-ring (bicyclic) bond motifs is 4. The Hall–Kier alpha value is -1.57. The maximum absolute atomic E-state index is 13.5. The predicted molar refractivity (Wildman–Crippen MR) is 115 cm³/mol. The van der Waals surface area contributed by atoms with E-state index in [0.717, 1.165) is 16.9 Å². The van der Waals surface area contributed by atoms with Crippen molar-refractivity contribution in [2.24, 2.45) is 11.8 Å². The van der Waals surface area contributed by atoms with Gasteiger partial charge in [0.05, 0.1) is 17.5 Å². The second-order valence-electron chi connectivity index (χ2n) is 8.20. The second-order valence-corrected chi connectivity index (χ2v) is 9.59. The summed E-state index contributed by atoms with van der Waals surface area (Å²) in [7, 11) is 0. The Kier molecular flexibility index (Phi) is 5.20. The van der Waals surface area contributed by atoms with E-state index in [1.807, 2.05) is 33.1 Å². The van der Waals surface area contributed by atoms with Crippen molar-refractivity contribution in [3.8, 4) is 0 Å². The molecule has 3 aliphatic heterocycles. The normalized spacial score (nSPS) is 31.4. The number of nitrogens with one attached hydrogen (secondary N) is 2. The maximum Gasteiger partial charge on any atom is 0.250 e. The monoisotopic (exact) mass is 435 g/mol. The first-order valence-corrected chi connectivity index (χ1v) is 11.8. The Balaban J connectivity index is 1.88. The topological polar surface area (TPSA) is 78.5 Å². The van der Waals surface area contributed by atoms with E-state index in [1.165, 1.54) is 4.90 Å². The van der Waals surface area contributed by atoms with Crippen LogP contribution in [0.15, 0.2) is 12.1 Å². The summed E-state index contributed by atoms with van der Waals surface area (Å²) >= 11 is 7.97. The van der Waals surface area contributed by atoms with Gasteiger partial charge in [-0.15, -0.1) is 0 Å². The van der Waals surface area contributed by atoms with E-state index >= 15 is 0 Å². The van der Waals surface area contributed by atoms with Crippen LogP contribution in [0.2, 0.25) is 5.02 Å². The van der Waals surface area contributed by atoms with Crippen LogP contribution >= 0.6 is 23.4 Å². The van der Waals surface area contributed by atoms with Crippen molar-refractivity contribution in [2.75, 3.05) is 17.3 Å². The minimum Gasteiger partial charge on any atom is -0.324 e. The van der Waals surface area contributed by atoms with Crippen molar-refractivity contribution in [1.82, 2.24) is 10.2 Å². The summed E-state index contributed by atoms with van der Waals surface area (Å²) in [4.78, 5) is 41.7. The third-order valence-corrected chi connectivity index (χ3v) is 7.84. The van der Waals surface area contributed by atoms with Gasteiger partial charge in [-0.05, 0) is 50.3 Å². The molecule has 0 radical (unpaired) electrons. The molecule has 156 valence electrons. The lowest BCUT2D eigenvalue weighted by Crippen LogP contribution is -2.54. The van der Waals surface area contributed by atoms with Gasteiger partial charge in [-0.25, -0.2) is 0 Å². The Morgan fingerprint density at radius 2 is 2.00 bits per heavy atom. The molecule has 2 saturated heterocycles. The van der Waals surface area contributed by atoms with Crippen LogP contribution in [-0.2, 0) is 19.9 Å². The molecule has 1 spiro atoms. The fourth-order valence-electron chi connectivity index (χ4n) is 5.12. The molecule has 3 amide bonds. The number of rotatable bonds is 5. The third-order valence-electron chi connectivity index (χ3n) is 6.78. The Morgan fingerprint density at radius 3 is 2.66 bits per heavy atom. The zero-order chi connectivity index (χ0) is 21.1. The average Bonchev–Trinajstić information content (AvgIpc) is 3.28. The molecule has 6 nitrogen and oxygen atoms in total. The molecule has 0 bridgehead atoms. The lowest BCUT2D eigenvalue weighted by molar-refractivity contribution is -0.145. The van der Waals surface area contributed by atoms with E-state index < -0.39 is 17.4 Å². The highest BCUT2D eigenvalue weighted by Crippen LogP contribution is 2.54. The molecule has 1 aromatic rings. The van der Waals surface area contributed by atoms with Gasteiger partial charge in [0.2, 0.25) is 17.7 Å². The molecule has 3 aliphatic rings. The summed E-state index contributed by atoms with van der Waals surface area (Å²) in [6, 6.07) is 3.16. The van der Waals surface area contributed by atoms with Crippen molar-refractivity contribution < 1.29 is 14.4 Å². The molecular formula is C21H26ClN3O3S. The molecule has 5 atom stereocenters. The Morgan fingerprint density at radius 1 is 1.28 bits per heavy atom. The van der Waals surface area contributed by atoms with Gasteiger partial charge in [0.1, 0.15) is 5.54 Å². The average molecular weight is 436 g/mol. The molecule has 8 heteroatoms. The van der Waals surface area contributed by atoms with Crippen LogP contribution in [0.3, 0.4) is 0 Å². The number of benzene rings is 1. The maximum atomic E-state index is 13.5. The number of hydrogen-bond acceptors (Lipinski definition) is 5. The SMILES string of the molecule is CCC(C)N1C(=O)C2C(CCSC)NC3(C(=O)Nc4c3ccc(Cl)c4C)C2C1=O. The highest BCUT2D eigenvalue weighted by Gasteiger charge is 2.70. The summed E-state index contributed by atoms with van der Waals surface area (Å²) in [5.74, 6) is -1.10. The van der Waals surface area contributed by atoms with Gasteiger partial charge in [-0.1, -0.05) is 24.6 Å². The Bertz CT molecular complexity index is 907. The molecule has 2 fully saturated rings. The van der Waals surface area contributed by atoms with Crippen molar-refractivity contribution in [3.05, 3.63) is 28.3 Å². The van der Waals surface area contributed by atoms with E-state index in [9.17, 15) is 14.4 Å². The van der Waals surface area contributed by atoms with Crippen LogP contribution in [0.5, 0.6) is 0 Å². The van der Waals surface area contributed by atoms with Gasteiger partial charge in [0, 0.05) is 22.7 Å². The fraction of sp³-hybridized carbons (Fsp3) is 0.571. The molecule has 4 rings (SSSR count). The second kappa shape index (κ2) is 7.29. The molecule has 2 N–H and O–H groups in total. The van der Waals surface area contributed by atoms with Gasteiger partial charge in [-0.2, -0.15) is 11.8 Å². The minimum atomic E-state index is -1.23. The van der Waals surface area contributed by atoms with Crippen molar-refractivity contribution in [3.63, 3.8) is 0 Å². The highest BCUT2D eigenvalue weighted by molar-refractivity contribution is 7.98. The van der Waals surface area contributed by atoms with Crippen molar-refractivity contribution in [2.45, 2.75) is 51.2 Å². The first-order valence-electron chi connectivity index (χ1n) is 10.0. The molecule has 5 unspecified atom stereocenters. The lowest BCUT2D eigenvalue weighted by atomic mass is 9.76. The fourth-order valence-corrected chi connectivity index (χ4v) is 5.77. The number of carbonyl (C=O) groups is 3. The molecule has 29 heavy (non-hydrogen) atoms. The summed E-state index contributed by atoms with van der Waals surface area (Å²) < 4.78 is 0. The minimum absolute atomic E-state index is 0.156. The molecule has 0 saturated carbocycles. The van der Waals surface area contributed by atoms with Gasteiger partial charge < -0.3 is 5.32 Å². The number of likely N-dealkylation sites (tertiary alicyclic amines) is 1.